The van der Waals surface area contributed by atoms with Gasteiger partial charge in [-0.2, -0.15) is 0 Å². The number of fused-ring (bicyclic) bond motifs is 1. The van der Waals surface area contributed by atoms with Gasteiger partial charge >= 0.3 is 5.69 Å². The monoisotopic (exact) mass is 400 g/mol. The first kappa shape index (κ1) is 20.9. The van der Waals surface area contributed by atoms with Gasteiger partial charge in [-0.15, -0.1) is 5.54 Å². The van der Waals surface area contributed by atoms with Crippen LogP contribution < -0.4 is 5.69 Å². The van der Waals surface area contributed by atoms with Gasteiger partial charge in [-0.1, -0.05) is 25.6 Å². The van der Waals surface area contributed by atoms with Crippen LogP contribution in [0, 0.1) is 23.3 Å². The van der Waals surface area contributed by atoms with E-state index in [0.717, 1.165) is 48.8 Å². The molecule has 1 unspecified atom stereocenters. The van der Waals surface area contributed by atoms with E-state index in [1.165, 1.54) is 0 Å². The Bertz CT molecular complexity index is 950. The highest BCUT2D eigenvalue weighted by atomic mass is 28.3. The van der Waals surface area contributed by atoms with Crippen LogP contribution in [0.4, 0.5) is 0 Å². The first-order valence-corrected chi connectivity index (χ1v) is 13.6. The number of hydrogen-bond acceptors (Lipinski definition) is 3. The summed E-state index contributed by atoms with van der Waals surface area (Å²) in [7, 11) is 1.94. The van der Waals surface area contributed by atoms with Crippen LogP contribution in [-0.2, 0) is 18.3 Å². The van der Waals surface area contributed by atoms with Crippen LogP contribution in [0.2, 0.25) is 19.6 Å². The van der Waals surface area contributed by atoms with Crippen LogP contribution in [0.1, 0.15) is 31.2 Å². The van der Waals surface area contributed by atoms with E-state index in [-0.39, 0.29) is 11.6 Å². The van der Waals surface area contributed by atoms with Crippen molar-refractivity contribution in [1.82, 2.24) is 9.13 Å². The van der Waals surface area contributed by atoms with Crippen molar-refractivity contribution in [3.05, 3.63) is 34.2 Å². The average Bonchev–Trinajstić information content (AvgIpc) is 2.90. The van der Waals surface area contributed by atoms with Crippen LogP contribution in [0.5, 0.6) is 0 Å². The van der Waals surface area contributed by atoms with Crippen LogP contribution in [-0.4, -0.2) is 35.7 Å². The number of rotatable bonds is 4. The van der Waals surface area contributed by atoms with Crippen molar-refractivity contribution in [3.63, 3.8) is 0 Å². The molecule has 0 radical (unpaired) electrons. The molecule has 1 aromatic heterocycles. The van der Waals surface area contributed by atoms with Gasteiger partial charge in [0.2, 0.25) is 0 Å². The van der Waals surface area contributed by atoms with Crippen LogP contribution in [0.15, 0.2) is 23.0 Å². The minimum atomic E-state index is -1.45. The summed E-state index contributed by atoms with van der Waals surface area (Å²) in [6.45, 7) is 7.41. The summed E-state index contributed by atoms with van der Waals surface area (Å²) >= 11 is 0. The van der Waals surface area contributed by atoms with Crippen molar-refractivity contribution < 1.29 is 9.84 Å². The number of methoxy groups -OCH3 is 1. The Balaban J connectivity index is 1.85. The van der Waals surface area contributed by atoms with Gasteiger partial charge in [0.05, 0.1) is 11.0 Å². The first-order chi connectivity index (χ1) is 13.2. The molecule has 152 valence electrons. The van der Waals surface area contributed by atoms with Gasteiger partial charge in [0.15, 0.2) is 6.29 Å². The minimum Gasteiger partial charge on any atom is -0.368 e. The topological polar surface area (TPSA) is 56.4 Å². The van der Waals surface area contributed by atoms with E-state index in [1.54, 1.807) is 11.7 Å². The summed E-state index contributed by atoms with van der Waals surface area (Å²) in [6, 6.07) is 6.08. The zero-order valence-electron chi connectivity index (χ0n) is 17.7. The fourth-order valence-electron chi connectivity index (χ4n) is 4.03. The Morgan fingerprint density at radius 3 is 2.50 bits per heavy atom. The van der Waals surface area contributed by atoms with Crippen molar-refractivity contribution in [2.24, 2.45) is 18.9 Å². The lowest BCUT2D eigenvalue weighted by Crippen LogP contribution is -2.30. The summed E-state index contributed by atoms with van der Waals surface area (Å²) in [5, 5.41) is 9.89. The quantitative estimate of drug-likeness (QED) is 0.486. The molecule has 0 amide bonds. The van der Waals surface area contributed by atoms with Crippen LogP contribution in [0.3, 0.4) is 0 Å². The number of hydrogen-bond donors (Lipinski definition) is 1. The Morgan fingerprint density at radius 1 is 1.21 bits per heavy atom. The van der Waals surface area contributed by atoms with Gasteiger partial charge < -0.3 is 9.84 Å². The summed E-state index contributed by atoms with van der Waals surface area (Å²) in [4.78, 5) is 12.8. The molecule has 0 aliphatic heterocycles. The van der Waals surface area contributed by atoms with Crippen molar-refractivity contribution in [2.45, 2.75) is 58.2 Å². The van der Waals surface area contributed by atoms with E-state index in [9.17, 15) is 9.90 Å². The molecule has 28 heavy (non-hydrogen) atoms. The van der Waals surface area contributed by atoms with Crippen molar-refractivity contribution in [3.8, 4) is 11.5 Å². The van der Waals surface area contributed by atoms with Crippen LogP contribution in [0.25, 0.3) is 11.0 Å². The SMILES string of the molecule is COC(O)C1CCC(Cn2c(=O)n(C)c3ccc(C#C[Si](C)(C)C)cc32)CC1. The van der Waals surface area contributed by atoms with Gasteiger partial charge in [-0.25, -0.2) is 4.79 Å². The van der Waals surface area contributed by atoms with Gasteiger partial charge in [0, 0.05) is 32.2 Å². The van der Waals surface area contributed by atoms with Gasteiger partial charge in [-0.3, -0.25) is 9.13 Å². The third-order valence-corrected chi connectivity index (χ3v) is 6.58. The lowest BCUT2D eigenvalue weighted by Gasteiger charge is -2.30. The maximum Gasteiger partial charge on any atom is 0.328 e. The molecule has 0 bridgehead atoms. The van der Waals surface area contributed by atoms with Crippen LogP contribution >= 0.6 is 0 Å². The van der Waals surface area contributed by atoms with E-state index in [2.05, 4.69) is 37.2 Å². The number of aliphatic hydroxyl groups is 1. The maximum absolute atomic E-state index is 12.8. The highest BCUT2D eigenvalue weighted by Gasteiger charge is 2.27. The second-order valence-corrected chi connectivity index (χ2v) is 13.8. The summed E-state index contributed by atoms with van der Waals surface area (Å²) in [6.07, 6.45) is 3.21. The summed E-state index contributed by atoms with van der Waals surface area (Å²) in [5.41, 5.74) is 6.33. The number of aliphatic hydroxyl groups excluding tert-OH is 1. The second kappa shape index (κ2) is 8.28. The molecule has 0 spiro atoms. The molecule has 1 heterocycles. The largest absolute Gasteiger partial charge is 0.368 e. The van der Waals surface area contributed by atoms with E-state index in [4.69, 9.17) is 4.74 Å². The minimum absolute atomic E-state index is 0.0318. The van der Waals surface area contributed by atoms with E-state index in [0.29, 0.717) is 5.92 Å². The summed E-state index contributed by atoms with van der Waals surface area (Å²) in [5.74, 6) is 3.95. The van der Waals surface area contributed by atoms with E-state index in [1.807, 2.05) is 23.7 Å². The molecule has 1 atom stereocenters. The van der Waals surface area contributed by atoms with Gasteiger partial charge in [0.25, 0.3) is 0 Å². The normalized spacial score (nSPS) is 21.4. The third-order valence-electron chi connectivity index (χ3n) is 5.70. The molecule has 1 fully saturated rings. The third kappa shape index (κ3) is 4.60. The lowest BCUT2D eigenvalue weighted by atomic mass is 9.81. The molecule has 3 rings (SSSR count). The molecular weight excluding hydrogens is 368 g/mol. The molecule has 1 saturated carbocycles. The molecule has 0 saturated heterocycles. The van der Waals surface area contributed by atoms with E-state index < -0.39 is 14.4 Å². The molecule has 2 aromatic rings. The molecule has 1 N–H and O–H groups in total. The smallest absolute Gasteiger partial charge is 0.328 e. The number of nitrogens with zero attached hydrogens (tertiary/aromatic N) is 2. The number of benzene rings is 1. The van der Waals surface area contributed by atoms with Crippen molar-refractivity contribution in [1.29, 1.82) is 0 Å². The molecule has 1 aliphatic rings. The predicted octanol–water partition coefficient (Wildman–Crippen LogP) is 3.34. The highest BCUT2D eigenvalue weighted by molar-refractivity contribution is 6.83. The average molecular weight is 401 g/mol. The molecular formula is C22H32N2O3Si. The Kier molecular flexibility index (Phi) is 6.18. The maximum atomic E-state index is 12.8. The molecule has 1 aliphatic carbocycles. The standard InChI is InChI=1S/C22H32N2O3Si/c1-23-19-11-8-16(12-13-28(3,4)5)14-20(19)24(22(23)26)15-17-6-9-18(10-7-17)21(25)27-2/h8,11,14,17-18,21,25H,6-7,9-10,15H2,1-5H3. The Labute approximate surface area is 168 Å². The second-order valence-electron chi connectivity index (χ2n) is 9.06. The van der Waals surface area contributed by atoms with E-state index >= 15 is 0 Å². The number of aryl methyl sites for hydroxylation is 1. The zero-order valence-corrected chi connectivity index (χ0v) is 18.7. The summed E-state index contributed by atoms with van der Waals surface area (Å²) < 4.78 is 8.71. The fourth-order valence-corrected chi connectivity index (χ4v) is 4.55. The van der Waals surface area contributed by atoms with Gasteiger partial charge in [0.1, 0.15) is 8.07 Å². The van der Waals surface area contributed by atoms with Crippen molar-refractivity contribution in [2.75, 3.05) is 7.11 Å². The lowest BCUT2D eigenvalue weighted by molar-refractivity contribution is -0.122. The molecule has 6 heteroatoms. The van der Waals surface area contributed by atoms with Gasteiger partial charge in [-0.05, 0) is 49.8 Å². The predicted molar refractivity (Wildman–Crippen MR) is 116 cm³/mol. The fraction of sp³-hybridized carbons (Fsp3) is 0.591. The zero-order chi connectivity index (χ0) is 20.5. The molecule has 5 nitrogen and oxygen atoms in total. The molecule has 1 aromatic carbocycles. The number of ether oxygens (including phenoxy) is 1. The highest BCUT2D eigenvalue weighted by Crippen LogP contribution is 2.32. The number of aromatic nitrogens is 2. The Hall–Kier alpha value is -1.81. The van der Waals surface area contributed by atoms with Crippen molar-refractivity contribution >= 4 is 19.1 Å². The Morgan fingerprint density at radius 2 is 1.89 bits per heavy atom. The number of imidazole rings is 1. The first-order valence-electron chi connectivity index (χ1n) is 10.1.